The van der Waals surface area contributed by atoms with Crippen molar-refractivity contribution in [2.45, 2.75) is 33.4 Å². The van der Waals surface area contributed by atoms with Crippen LogP contribution >= 0.6 is 0 Å². The van der Waals surface area contributed by atoms with Crippen LogP contribution in [0.25, 0.3) is 0 Å². The molecule has 0 aromatic carbocycles. The van der Waals surface area contributed by atoms with Crippen LogP contribution in [0, 0.1) is 6.92 Å². The third-order valence-electron chi connectivity index (χ3n) is 2.97. The summed E-state index contributed by atoms with van der Waals surface area (Å²) >= 11 is 0. The second-order valence-electron chi connectivity index (χ2n) is 4.42. The number of carboxylic acid groups (broad SMARTS) is 1. The van der Waals surface area contributed by atoms with Gasteiger partial charge in [-0.2, -0.15) is 5.10 Å². The Labute approximate surface area is 116 Å². The van der Waals surface area contributed by atoms with Crippen LogP contribution in [0.4, 0.5) is 5.82 Å². The van der Waals surface area contributed by atoms with Crippen LogP contribution in [0.1, 0.15) is 35.1 Å². The molecule has 2 heterocycles. The summed E-state index contributed by atoms with van der Waals surface area (Å²) in [7, 11) is 0. The Balaban J connectivity index is 1.99. The minimum atomic E-state index is -1.08. The van der Waals surface area contributed by atoms with E-state index in [0.717, 1.165) is 24.2 Å². The average molecular weight is 275 g/mol. The zero-order valence-electron chi connectivity index (χ0n) is 11.5. The minimum Gasteiger partial charge on any atom is -0.476 e. The zero-order chi connectivity index (χ0) is 14.5. The fourth-order valence-electron chi connectivity index (χ4n) is 1.81. The number of carboxylic acids is 1. The summed E-state index contributed by atoms with van der Waals surface area (Å²) in [5.41, 5.74) is 2.14. The fourth-order valence-corrected chi connectivity index (χ4v) is 1.81. The first-order valence-corrected chi connectivity index (χ1v) is 6.42. The third-order valence-corrected chi connectivity index (χ3v) is 2.97. The van der Waals surface area contributed by atoms with Crippen molar-refractivity contribution in [3.8, 4) is 0 Å². The van der Waals surface area contributed by atoms with Crippen molar-refractivity contribution in [2.24, 2.45) is 0 Å². The highest BCUT2D eigenvalue weighted by molar-refractivity contribution is 5.84. The molecule has 7 nitrogen and oxygen atoms in total. The van der Waals surface area contributed by atoms with E-state index in [4.69, 9.17) is 5.11 Å². The van der Waals surface area contributed by atoms with Crippen LogP contribution in [0.5, 0.6) is 0 Å². The van der Waals surface area contributed by atoms with E-state index in [2.05, 4.69) is 27.3 Å². The molecule has 2 rings (SSSR count). The van der Waals surface area contributed by atoms with E-state index in [1.54, 1.807) is 0 Å². The number of rotatable bonds is 6. The molecule has 0 bridgehead atoms. The molecule has 0 aliphatic rings. The second-order valence-corrected chi connectivity index (χ2v) is 4.42. The van der Waals surface area contributed by atoms with Crippen LogP contribution in [0.3, 0.4) is 0 Å². The van der Waals surface area contributed by atoms with Gasteiger partial charge in [0, 0.05) is 24.3 Å². The van der Waals surface area contributed by atoms with Crippen molar-refractivity contribution >= 4 is 11.8 Å². The molecular formula is C13H17N5O2. The van der Waals surface area contributed by atoms with Gasteiger partial charge in [-0.3, -0.25) is 4.68 Å². The van der Waals surface area contributed by atoms with E-state index in [9.17, 15) is 4.79 Å². The lowest BCUT2D eigenvalue weighted by Crippen LogP contribution is -2.07. The number of hydrogen-bond acceptors (Lipinski definition) is 5. The van der Waals surface area contributed by atoms with Crippen molar-refractivity contribution in [3.05, 3.63) is 35.5 Å². The Kier molecular flexibility index (Phi) is 4.29. The Morgan fingerprint density at radius 3 is 2.75 bits per heavy atom. The SMILES string of the molecule is CCCn1ncc(CNc2cnc(C(=O)O)cn2)c1C. The van der Waals surface area contributed by atoms with E-state index in [1.165, 1.54) is 12.4 Å². The normalized spacial score (nSPS) is 10.5. The van der Waals surface area contributed by atoms with Crippen LogP contribution in [0.2, 0.25) is 0 Å². The third kappa shape index (κ3) is 3.11. The van der Waals surface area contributed by atoms with Gasteiger partial charge < -0.3 is 10.4 Å². The molecule has 0 aliphatic carbocycles. The van der Waals surface area contributed by atoms with Gasteiger partial charge in [-0.25, -0.2) is 14.8 Å². The quantitative estimate of drug-likeness (QED) is 0.833. The highest BCUT2D eigenvalue weighted by Crippen LogP contribution is 2.10. The van der Waals surface area contributed by atoms with E-state index in [0.29, 0.717) is 12.4 Å². The number of aromatic nitrogens is 4. The molecule has 0 saturated carbocycles. The Morgan fingerprint density at radius 2 is 2.15 bits per heavy atom. The summed E-state index contributed by atoms with van der Waals surface area (Å²) in [6, 6.07) is 0. The van der Waals surface area contributed by atoms with Crippen molar-refractivity contribution in [2.75, 3.05) is 5.32 Å². The molecule has 0 amide bonds. The standard InChI is InChI=1S/C13H17N5O2/c1-3-4-18-9(2)10(6-17-18)5-15-12-8-14-11(7-16-12)13(19)20/h6-8H,3-5H2,1-2H3,(H,15,16)(H,19,20). The lowest BCUT2D eigenvalue weighted by atomic mass is 10.2. The monoisotopic (exact) mass is 275 g/mol. The van der Waals surface area contributed by atoms with Crippen molar-refractivity contribution in [1.29, 1.82) is 0 Å². The predicted molar refractivity (Wildman–Crippen MR) is 73.6 cm³/mol. The van der Waals surface area contributed by atoms with Gasteiger partial charge in [0.25, 0.3) is 0 Å². The molecule has 0 spiro atoms. The van der Waals surface area contributed by atoms with Crippen LogP contribution < -0.4 is 5.32 Å². The summed E-state index contributed by atoms with van der Waals surface area (Å²) in [5, 5.41) is 16.2. The Morgan fingerprint density at radius 1 is 1.35 bits per heavy atom. The van der Waals surface area contributed by atoms with E-state index in [-0.39, 0.29) is 5.69 Å². The molecule has 0 aliphatic heterocycles. The highest BCUT2D eigenvalue weighted by atomic mass is 16.4. The second kappa shape index (κ2) is 6.14. The molecule has 20 heavy (non-hydrogen) atoms. The van der Waals surface area contributed by atoms with E-state index in [1.807, 2.05) is 17.8 Å². The number of nitrogens with zero attached hydrogens (tertiary/aromatic N) is 4. The van der Waals surface area contributed by atoms with Gasteiger partial charge >= 0.3 is 5.97 Å². The van der Waals surface area contributed by atoms with Gasteiger partial charge in [-0.15, -0.1) is 0 Å². The van der Waals surface area contributed by atoms with Gasteiger partial charge in [0.15, 0.2) is 5.69 Å². The topological polar surface area (TPSA) is 92.9 Å². The molecule has 7 heteroatoms. The Bertz CT molecular complexity index is 591. The first-order chi connectivity index (χ1) is 9.61. The molecule has 0 saturated heterocycles. The number of nitrogens with one attached hydrogen (secondary N) is 1. The minimum absolute atomic E-state index is 0.0671. The summed E-state index contributed by atoms with van der Waals surface area (Å²) in [6.45, 7) is 5.62. The molecule has 0 atom stereocenters. The van der Waals surface area contributed by atoms with Crippen LogP contribution in [-0.2, 0) is 13.1 Å². The number of aromatic carboxylic acids is 1. The van der Waals surface area contributed by atoms with Gasteiger partial charge in [0.2, 0.25) is 0 Å². The first-order valence-electron chi connectivity index (χ1n) is 6.42. The summed E-state index contributed by atoms with van der Waals surface area (Å²) < 4.78 is 1.97. The van der Waals surface area contributed by atoms with Gasteiger partial charge in [-0.1, -0.05) is 6.92 Å². The Hall–Kier alpha value is -2.44. The maximum Gasteiger partial charge on any atom is 0.356 e. The lowest BCUT2D eigenvalue weighted by Gasteiger charge is -2.06. The lowest BCUT2D eigenvalue weighted by molar-refractivity contribution is 0.0690. The summed E-state index contributed by atoms with van der Waals surface area (Å²) in [6.07, 6.45) is 5.52. The maximum absolute atomic E-state index is 10.7. The van der Waals surface area contributed by atoms with E-state index >= 15 is 0 Å². The van der Waals surface area contributed by atoms with Gasteiger partial charge in [0.1, 0.15) is 5.82 Å². The number of carbonyl (C=O) groups is 1. The first kappa shape index (κ1) is 14.0. The number of anilines is 1. The van der Waals surface area contributed by atoms with Gasteiger partial charge in [0.05, 0.1) is 18.6 Å². The number of aryl methyl sites for hydroxylation is 1. The smallest absolute Gasteiger partial charge is 0.356 e. The molecule has 2 N–H and O–H groups in total. The largest absolute Gasteiger partial charge is 0.476 e. The maximum atomic E-state index is 10.7. The zero-order valence-corrected chi connectivity index (χ0v) is 11.5. The molecule has 2 aromatic rings. The number of hydrogen-bond donors (Lipinski definition) is 2. The molecule has 0 fully saturated rings. The summed E-state index contributed by atoms with van der Waals surface area (Å²) in [4.78, 5) is 18.5. The van der Waals surface area contributed by atoms with Crippen molar-refractivity contribution < 1.29 is 9.90 Å². The van der Waals surface area contributed by atoms with Crippen molar-refractivity contribution in [3.63, 3.8) is 0 Å². The molecular weight excluding hydrogens is 258 g/mol. The van der Waals surface area contributed by atoms with Crippen LogP contribution in [0.15, 0.2) is 18.6 Å². The van der Waals surface area contributed by atoms with E-state index < -0.39 is 5.97 Å². The molecule has 106 valence electrons. The predicted octanol–water partition coefficient (Wildman–Crippen LogP) is 1.70. The van der Waals surface area contributed by atoms with Gasteiger partial charge in [-0.05, 0) is 13.3 Å². The highest BCUT2D eigenvalue weighted by Gasteiger charge is 2.07. The van der Waals surface area contributed by atoms with Crippen LogP contribution in [-0.4, -0.2) is 30.8 Å². The summed E-state index contributed by atoms with van der Waals surface area (Å²) in [5.74, 6) is -0.543. The fraction of sp³-hybridized carbons (Fsp3) is 0.385. The van der Waals surface area contributed by atoms with Crippen molar-refractivity contribution in [1.82, 2.24) is 19.7 Å². The molecule has 0 unspecified atom stereocenters. The molecule has 2 aromatic heterocycles. The molecule has 0 radical (unpaired) electrons. The average Bonchev–Trinajstić information content (AvgIpc) is 2.79.